The summed E-state index contributed by atoms with van der Waals surface area (Å²) in [6, 6.07) is 5.97. The van der Waals surface area contributed by atoms with Gasteiger partial charge in [-0.15, -0.1) is 0 Å². The molecule has 1 aromatic carbocycles. The van der Waals surface area contributed by atoms with E-state index in [-0.39, 0.29) is 18.6 Å². The minimum atomic E-state index is -0.416. The molecule has 2 N–H and O–H groups in total. The van der Waals surface area contributed by atoms with Crippen LogP contribution >= 0.6 is 0 Å². The topological polar surface area (TPSA) is 68.2 Å². The smallest absolute Gasteiger partial charge is 0.315 e. The highest BCUT2D eigenvalue weighted by molar-refractivity contribution is 5.74. The maximum absolute atomic E-state index is 13.7. The summed E-state index contributed by atoms with van der Waals surface area (Å²) in [4.78, 5) is 14.4. The molecule has 0 aromatic heterocycles. The minimum absolute atomic E-state index is 0.0751. The highest BCUT2D eigenvalue weighted by Gasteiger charge is 2.29. The van der Waals surface area contributed by atoms with Crippen LogP contribution in [-0.4, -0.2) is 36.6 Å². The van der Waals surface area contributed by atoms with Crippen LogP contribution in [0.25, 0.3) is 0 Å². The summed E-state index contributed by atoms with van der Waals surface area (Å²) in [6.07, 6.45) is 3.63. The van der Waals surface area contributed by atoms with Gasteiger partial charge in [-0.3, -0.25) is 0 Å². The predicted molar refractivity (Wildman–Crippen MR) is 84.1 cm³/mol. The van der Waals surface area contributed by atoms with E-state index in [1.807, 2.05) is 6.07 Å². The van der Waals surface area contributed by atoms with Crippen molar-refractivity contribution in [1.29, 1.82) is 5.26 Å². The lowest BCUT2D eigenvalue weighted by atomic mass is 10.1. The van der Waals surface area contributed by atoms with Crippen molar-refractivity contribution < 1.29 is 9.18 Å². The molecule has 5 nitrogen and oxygen atoms in total. The van der Waals surface area contributed by atoms with Gasteiger partial charge in [0.25, 0.3) is 0 Å². The summed E-state index contributed by atoms with van der Waals surface area (Å²) in [7, 11) is 0. The molecule has 0 spiro atoms. The number of likely N-dealkylation sites (tertiary alicyclic amines) is 1. The van der Waals surface area contributed by atoms with Crippen molar-refractivity contribution in [1.82, 2.24) is 15.5 Å². The third-order valence-corrected chi connectivity index (χ3v) is 4.44. The van der Waals surface area contributed by atoms with Crippen LogP contribution in [0.4, 0.5) is 9.18 Å². The second-order valence-electron chi connectivity index (χ2n) is 6.43. The number of halogens is 1. The zero-order chi connectivity index (χ0) is 16.2. The molecule has 1 saturated carbocycles. The third-order valence-electron chi connectivity index (χ3n) is 4.44. The number of amides is 2. The second kappa shape index (κ2) is 6.97. The van der Waals surface area contributed by atoms with Crippen LogP contribution in [0, 0.1) is 23.1 Å². The summed E-state index contributed by atoms with van der Waals surface area (Å²) < 4.78 is 13.7. The monoisotopic (exact) mass is 316 g/mol. The van der Waals surface area contributed by atoms with Gasteiger partial charge < -0.3 is 15.5 Å². The van der Waals surface area contributed by atoms with Gasteiger partial charge in [0.05, 0.1) is 11.6 Å². The van der Waals surface area contributed by atoms with E-state index >= 15 is 0 Å². The predicted octanol–water partition coefficient (Wildman–Crippen LogP) is 1.98. The normalized spacial score (nSPS) is 21.0. The van der Waals surface area contributed by atoms with Gasteiger partial charge >= 0.3 is 6.03 Å². The quantitative estimate of drug-likeness (QED) is 0.873. The fourth-order valence-corrected chi connectivity index (χ4v) is 2.97. The Bertz CT molecular complexity index is 624. The molecular weight excluding hydrogens is 295 g/mol. The van der Waals surface area contributed by atoms with E-state index in [4.69, 9.17) is 5.26 Å². The molecule has 2 aliphatic rings. The number of hydrogen-bond acceptors (Lipinski definition) is 3. The standard InChI is InChI=1S/C17H21FN4O/c18-16-4-3-13(8-19)7-14(16)9-20-17(23)21-15-5-6-22(11-15)10-12-1-2-12/h3-4,7,12,15H,1-2,5-6,9-11H2,(H2,20,21,23)/t15-/m0/s1. The average molecular weight is 316 g/mol. The molecule has 1 aliphatic carbocycles. The summed E-state index contributed by atoms with van der Waals surface area (Å²) in [5, 5.41) is 14.4. The highest BCUT2D eigenvalue weighted by Crippen LogP contribution is 2.30. The fourth-order valence-electron chi connectivity index (χ4n) is 2.97. The lowest BCUT2D eigenvalue weighted by Crippen LogP contribution is -2.43. The second-order valence-corrected chi connectivity index (χ2v) is 6.43. The van der Waals surface area contributed by atoms with Crippen molar-refractivity contribution in [3.05, 3.63) is 35.1 Å². The molecule has 23 heavy (non-hydrogen) atoms. The Morgan fingerprint density at radius 1 is 1.39 bits per heavy atom. The zero-order valence-electron chi connectivity index (χ0n) is 13.0. The summed E-state index contributed by atoms with van der Waals surface area (Å²) in [5.74, 6) is 0.443. The number of carbonyl (C=O) groups is 1. The van der Waals surface area contributed by atoms with E-state index in [1.165, 1.54) is 31.0 Å². The van der Waals surface area contributed by atoms with E-state index in [0.29, 0.717) is 11.1 Å². The maximum Gasteiger partial charge on any atom is 0.315 e. The van der Waals surface area contributed by atoms with Crippen LogP contribution in [0.2, 0.25) is 0 Å². The van der Waals surface area contributed by atoms with E-state index in [2.05, 4.69) is 15.5 Å². The summed E-state index contributed by atoms with van der Waals surface area (Å²) in [6.45, 7) is 3.14. The van der Waals surface area contributed by atoms with Gasteiger partial charge in [-0.25, -0.2) is 9.18 Å². The van der Waals surface area contributed by atoms with Crippen molar-refractivity contribution in [2.75, 3.05) is 19.6 Å². The molecule has 2 fully saturated rings. The number of nitriles is 1. The first-order valence-corrected chi connectivity index (χ1v) is 8.09. The number of rotatable bonds is 5. The first-order valence-electron chi connectivity index (χ1n) is 8.09. The van der Waals surface area contributed by atoms with Gasteiger partial charge in [-0.1, -0.05) is 0 Å². The van der Waals surface area contributed by atoms with Crippen LogP contribution in [0.1, 0.15) is 30.4 Å². The van der Waals surface area contributed by atoms with Crippen LogP contribution in [0.15, 0.2) is 18.2 Å². The maximum atomic E-state index is 13.7. The Morgan fingerprint density at radius 2 is 2.22 bits per heavy atom. The van der Waals surface area contributed by atoms with Crippen LogP contribution in [-0.2, 0) is 6.54 Å². The summed E-state index contributed by atoms with van der Waals surface area (Å²) in [5.41, 5.74) is 0.705. The number of nitrogens with one attached hydrogen (secondary N) is 2. The van der Waals surface area contributed by atoms with Crippen molar-refractivity contribution in [2.24, 2.45) is 5.92 Å². The van der Waals surface area contributed by atoms with E-state index < -0.39 is 5.82 Å². The summed E-state index contributed by atoms with van der Waals surface area (Å²) >= 11 is 0. The van der Waals surface area contributed by atoms with Crippen LogP contribution in [0.3, 0.4) is 0 Å². The molecule has 2 amide bonds. The minimum Gasteiger partial charge on any atom is -0.334 e. The van der Waals surface area contributed by atoms with E-state index in [1.54, 1.807) is 0 Å². The molecule has 1 aliphatic heterocycles. The Balaban J connectivity index is 1.44. The Morgan fingerprint density at radius 3 is 2.96 bits per heavy atom. The molecule has 0 unspecified atom stereocenters. The lowest BCUT2D eigenvalue weighted by Gasteiger charge is -2.16. The van der Waals surface area contributed by atoms with E-state index in [0.717, 1.165) is 32.0 Å². The largest absolute Gasteiger partial charge is 0.334 e. The van der Waals surface area contributed by atoms with Crippen LogP contribution < -0.4 is 10.6 Å². The fraction of sp³-hybridized carbons (Fsp3) is 0.529. The molecule has 1 atom stereocenters. The van der Waals surface area contributed by atoms with Gasteiger partial charge in [0.2, 0.25) is 0 Å². The first-order chi connectivity index (χ1) is 11.1. The molecule has 3 rings (SSSR count). The molecule has 1 saturated heterocycles. The van der Waals surface area contributed by atoms with Gasteiger partial charge in [0.15, 0.2) is 0 Å². The van der Waals surface area contributed by atoms with Crippen molar-refractivity contribution in [3.63, 3.8) is 0 Å². The van der Waals surface area contributed by atoms with Gasteiger partial charge in [-0.2, -0.15) is 5.26 Å². The third kappa shape index (κ3) is 4.42. The zero-order valence-corrected chi connectivity index (χ0v) is 13.0. The molecule has 122 valence electrons. The molecule has 0 radical (unpaired) electrons. The van der Waals surface area contributed by atoms with E-state index in [9.17, 15) is 9.18 Å². The van der Waals surface area contributed by atoms with Crippen molar-refractivity contribution >= 4 is 6.03 Å². The molecule has 1 aromatic rings. The lowest BCUT2D eigenvalue weighted by molar-refractivity contribution is 0.235. The van der Waals surface area contributed by atoms with Gasteiger partial charge in [-0.05, 0) is 43.4 Å². The SMILES string of the molecule is N#Cc1ccc(F)c(CNC(=O)N[C@H]2CCN(CC3CC3)C2)c1. The number of urea groups is 1. The van der Waals surface area contributed by atoms with Gasteiger partial charge in [0, 0.05) is 37.8 Å². The Hall–Kier alpha value is -2.13. The van der Waals surface area contributed by atoms with Crippen LogP contribution in [0.5, 0.6) is 0 Å². The molecular formula is C17H21FN4O. The van der Waals surface area contributed by atoms with Crippen molar-refractivity contribution in [2.45, 2.75) is 31.8 Å². The first kappa shape index (κ1) is 15.8. The number of hydrogen-bond donors (Lipinski definition) is 2. The molecule has 6 heteroatoms. The number of nitrogens with zero attached hydrogens (tertiary/aromatic N) is 2. The molecule has 0 bridgehead atoms. The number of benzene rings is 1. The number of carbonyl (C=O) groups excluding carboxylic acids is 1. The van der Waals surface area contributed by atoms with Gasteiger partial charge in [0.1, 0.15) is 5.82 Å². The molecule has 1 heterocycles. The Labute approximate surface area is 135 Å². The highest BCUT2D eigenvalue weighted by atomic mass is 19.1. The van der Waals surface area contributed by atoms with Crippen molar-refractivity contribution in [3.8, 4) is 6.07 Å². The Kier molecular flexibility index (Phi) is 4.77. The average Bonchev–Trinajstić information content (AvgIpc) is 3.25.